The lowest BCUT2D eigenvalue weighted by atomic mass is 9.82. The first-order chi connectivity index (χ1) is 8.40. The monoisotopic (exact) mass is 249 g/mol. The van der Waals surface area contributed by atoms with Gasteiger partial charge in [-0.2, -0.15) is 0 Å². The fourth-order valence-electron chi connectivity index (χ4n) is 2.20. The van der Waals surface area contributed by atoms with Crippen LogP contribution in [0.25, 0.3) is 0 Å². The number of nitrogens with zero attached hydrogens (tertiary/aromatic N) is 1. The number of benzene rings is 1. The molecule has 0 unspecified atom stereocenters. The van der Waals surface area contributed by atoms with Crippen LogP contribution in [0.5, 0.6) is 0 Å². The number of carbonyl (C=O) groups excluding carboxylic acids is 2. The van der Waals surface area contributed by atoms with Gasteiger partial charge in [-0.15, -0.1) is 0 Å². The van der Waals surface area contributed by atoms with E-state index in [-0.39, 0.29) is 11.7 Å². The molecule has 2 rings (SSSR count). The first-order valence-corrected chi connectivity index (χ1v) is 5.98. The van der Waals surface area contributed by atoms with Crippen molar-refractivity contribution in [2.45, 2.75) is 20.3 Å². The number of Topliss-reactive ketones (excluding diaryl/α,β-unsaturated/α-hetero) is 1. The maximum absolute atomic E-state index is 13.1. The average molecular weight is 249 g/mol. The quantitative estimate of drug-likeness (QED) is 0.765. The number of rotatable bonds is 1. The highest BCUT2D eigenvalue weighted by Gasteiger charge is 2.36. The van der Waals surface area contributed by atoms with Gasteiger partial charge in [0.25, 0.3) is 5.91 Å². The summed E-state index contributed by atoms with van der Waals surface area (Å²) in [5, 5.41) is 0. The highest BCUT2D eigenvalue weighted by molar-refractivity contribution is 5.96. The molecule has 1 amide bonds. The maximum atomic E-state index is 13.1. The van der Waals surface area contributed by atoms with E-state index < -0.39 is 11.2 Å². The van der Waals surface area contributed by atoms with E-state index in [1.807, 2.05) is 13.8 Å². The Morgan fingerprint density at radius 1 is 1.39 bits per heavy atom. The van der Waals surface area contributed by atoms with Gasteiger partial charge >= 0.3 is 0 Å². The first-order valence-electron chi connectivity index (χ1n) is 5.98. The van der Waals surface area contributed by atoms with Crippen molar-refractivity contribution in [1.29, 1.82) is 0 Å². The van der Waals surface area contributed by atoms with E-state index in [1.165, 1.54) is 18.2 Å². The summed E-state index contributed by atoms with van der Waals surface area (Å²) in [5.41, 5.74) is -0.179. The largest absolute Gasteiger partial charge is 0.337 e. The lowest BCUT2D eigenvalue weighted by molar-refractivity contribution is -0.130. The lowest BCUT2D eigenvalue weighted by Crippen LogP contribution is -2.48. The molecule has 1 aliphatic rings. The molecular weight excluding hydrogens is 233 g/mol. The zero-order chi connectivity index (χ0) is 13.3. The van der Waals surface area contributed by atoms with Crippen LogP contribution in [0.15, 0.2) is 24.3 Å². The zero-order valence-corrected chi connectivity index (χ0v) is 10.6. The van der Waals surface area contributed by atoms with Crippen LogP contribution in [0.2, 0.25) is 0 Å². The van der Waals surface area contributed by atoms with Gasteiger partial charge in [0.2, 0.25) is 0 Å². The minimum absolute atomic E-state index is 0.172. The molecule has 0 aliphatic carbocycles. The SMILES string of the molecule is CC1(C)CN(C(=O)c2cccc(F)c2)CCC1=O. The van der Waals surface area contributed by atoms with Crippen LogP contribution in [0.3, 0.4) is 0 Å². The highest BCUT2D eigenvalue weighted by Crippen LogP contribution is 2.26. The predicted molar refractivity (Wildman–Crippen MR) is 65.7 cm³/mol. The Kier molecular flexibility index (Phi) is 3.20. The molecule has 0 bridgehead atoms. The molecule has 96 valence electrons. The molecule has 0 saturated carbocycles. The Bertz CT molecular complexity index is 496. The second-order valence-corrected chi connectivity index (χ2v) is 5.29. The van der Waals surface area contributed by atoms with Crippen molar-refractivity contribution >= 4 is 11.7 Å². The van der Waals surface area contributed by atoms with Gasteiger partial charge in [0.05, 0.1) is 0 Å². The van der Waals surface area contributed by atoms with Crippen molar-refractivity contribution in [3.8, 4) is 0 Å². The Morgan fingerprint density at radius 3 is 2.72 bits per heavy atom. The Hall–Kier alpha value is -1.71. The van der Waals surface area contributed by atoms with Crippen LogP contribution in [0.1, 0.15) is 30.6 Å². The molecule has 0 atom stereocenters. The smallest absolute Gasteiger partial charge is 0.253 e. The van der Waals surface area contributed by atoms with Crippen molar-refractivity contribution in [1.82, 2.24) is 4.90 Å². The van der Waals surface area contributed by atoms with Crippen LogP contribution in [-0.4, -0.2) is 29.7 Å². The zero-order valence-electron chi connectivity index (χ0n) is 10.6. The predicted octanol–water partition coefficient (Wildman–Crippen LogP) is 2.27. The third kappa shape index (κ3) is 2.42. The normalized spacial score (nSPS) is 18.8. The lowest BCUT2D eigenvalue weighted by Gasteiger charge is -2.36. The molecule has 1 aromatic rings. The molecule has 0 spiro atoms. The van der Waals surface area contributed by atoms with E-state index in [2.05, 4.69) is 0 Å². The fraction of sp³-hybridized carbons (Fsp3) is 0.429. The molecule has 1 fully saturated rings. The molecular formula is C14H16FNO2. The van der Waals surface area contributed by atoms with Gasteiger partial charge < -0.3 is 4.90 Å². The number of hydrogen-bond donors (Lipinski definition) is 0. The summed E-state index contributed by atoms with van der Waals surface area (Å²) >= 11 is 0. The van der Waals surface area contributed by atoms with E-state index in [4.69, 9.17) is 0 Å². The number of carbonyl (C=O) groups is 2. The standard InChI is InChI=1S/C14H16FNO2/c1-14(2)9-16(7-6-12(14)17)13(18)10-4-3-5-11(15)8-10/h3-5,8H,6-7,9H2,1-2H3. The highest BCUT2D eigenvalue weighted by atomic mass is 19.1. The molecule has 0 aromatic heterocycles. The fourth-order valence-corrected chi connectivity index (χ4v) is 2.20. The number of halogens is 1. The Balaban J connectivity index is 2.18. The third-order valence-corrected chi connectivity index (χ3v) is 3.31. The van der Waals surface area contributed by atoms with E-state index in [9.17, 15) is 14.0 Å². The van der Waals surface area contributed by atoms with Crippen molar-refractivity contribution < 1.29 is 14.0 Å². The second-order valence-electron chi connectivity index (χ2n) is 5.29. The van der Waals surface area contributed by atoms with E-state index >= 15 is 0 Å². The minimum Gasteiger partial charge on any atom is -0.337 e. The van der Waals surface area contributed by atoms with Crippen LogP contribution in [0, 0.1) is 11.2 Å². The summed E-state index contributed by atoms with van der Waals surface area (Å²) in [6.45, 7) is 4.47. The van der Waals surface area contributed by atoms with Crippen LogP contribution in [0.4, 0.5) is 4.39 Å². The van der Waals surface area contributed by atoms with Gasteiger partial charge in [-0.25, -0.2) is 4.39 Å². The van der Waals surface area contributed by atoms with Crippen molar-refractivity contribution in [2.24, 2.45) is 5.41 Å². The van der Waals surface area contributed by atoms with E-state index in [0.717, 1.165) is 0 Å². The van der Waals surface area contributed by atoms with Crippen molar-refractivity contribution in [3.63, 3.8) is 0 Å². The summed E-state index contributed by atoms with van der Waals surface area (Å²) in [4.78, 5) is 25.5. The summed E-state index contributed by atoms with van der Waals surface area (Å²) in [6.07, 6.45) is 0.369. The molecule has 1 saturated heterocycles. The molecule has 3 nitrogen and oxygen atoms in total. The molecule has 0 N–H and O–H groups in total. The number of hydrogen-bond acceptors (Lipinski definition) is 2. The van der Waals surface area contributed by atoms with Crippen molar-refractivity contribution in [2.75, 3.05) is 13.1 Å². The third-order valence-electron chi connectivity index (χ3n) is 3.31. The number of likely N-dealkylation sites (tertiary alicyclic amines) is 1. The van der Waals surface area contributed by atoms with Gasteiger partial charge in [0, 0.05) is 30.5 Å². The maximum Gasteiger partial charge on any atom is 0.253 e. The summed E-state index contributed by atoms with van der Waals surface area (Å²) in [6, 6.07) is 5.64. The summed E-state index contributed by atoms with van der Waals surface area (Å²) in [5.74, 6) is -0.464. The van der Waals surface area contributed by atoms with Gasteiger partial charge in [0.1, 0.15) is 11.6 Å². The molecule has 0 radical (unpaired) electrons. The number of ketones is 1. The van der Waals surface area contributed by atoms with Gasteiger partial charge in [-0.3, -0.25) is 9.59 Å². The van der Waals surface area contributed by atoms with Crippen molar-refractivity contribution in [3.05, 3.63) is 35.6 Å². The minimum atomic E-state index is -0.513. The topological polar surface area (TPSA) is 37.4 Å². The Labute approximate surface area is 106 Å². The van der Waals surface area contributed by atoms with Gasteiger partial charge in [-0.05, 0) is 18.2 Å². The van der Waals surface area contributed by atoms with E-state index in [1.54, 1.807) is 11.0 Å². The van der Waals surface area contributed by atoms with Gasteiger partial charge in [-0.1, -0.05) is 19.9 Å². The average Bonchev–Trinajstić information content (AvgIpc) is 2.31. The van der Waals surface area contributed by atoms with E-state index in [0.29, 0.717) is 25.1 Å². The van der Waals surface area contributed by atoms with Crippen LogP contribution in [-0.2, 0) is 4.79 Å². The molecule has 1 heterocycles. The first kappa shape index (κ1) is 12.7. The second kappa shape index (κ2) is 4.52. The molecule has 18 heavy (non-hydrogen) atoms. The van der Waals surface area contributed by atoms with Crippen LogP contribution >= 0.6 is 0 Å². The molecule has 1 aromatic carbocycles. The summed E-state index contributed by atoms with van der Waals surface area (Å²) in [7, 11) is 0. The molecule has 1 aliphatic heterocycles. The summed E-state index contributed by atoms with van der Waals surface area (Å²) < 4.78 is 13.1. The van der Waals surface area contributed by atoms with Crippen LogP contribution < -0.4 is 0 Å². The molecule has 4 heteroatoms. The number of piperidine rings is 1. The Morgan fingerprint density at radius 2 is 2.11 bits per heavy atom. The number of amides is 1. The van der Waals surface area contributed by atoms with Gasteiger partial charge in [0.15, 0.2) is 0 Å².